The van der Waals surface area contributed by atoms with Crippen molar-refractivity contribution in [2.24, 2.45) is 23.7 Å². The summed E-state index contributed by atoms with van der Waals surface area (Å²) in [5.74, 6) is 1.81. The van der Waals surface area contributed by atoms with Gasteiger partial charge in [0.2, 0.25) is 0 Å². The Bertz CT molecular complexity index is 233. The van der Waals surface area contributed by atoms with E-state index in [1.165, 1.54) is 12.8 Å². The predicted molar refractivity (Wildman–Crippen MR) is 66.1 cm³/mol. The molecule has 2 unspecified atom stereocenters. The second-order valence-corrected chi connectivity index (χ2v) is 5.96. The lowest BCUT2D eigenvalue weighted by molar-refractivity contribution is -0.159. The average Bonchev–Trinajstić information content (AvgIpc) is 2.16. The first-order valence-electron chi connectivity index (χ1n) is 6.62. The van der Waals surface area contributed by atoms with Crippen molar-refractivity contribution in [3.8, 4) is 0 Å². The summed E-state index contributed by atoms with van der Waals surface area (Å²) in [6, 6.07) is 0. The molecule has 2 nitrogen and oxygen atoms in total. The largest absolute Gasteiger partial charge is 0.462 e. The van der Waals surface area contributed by atoms with Crippen LogP contribution in [0.3, 0.4) is 0 Å². The molecule has 0 radical (unpaired) electrons. The second kappa shape index (κ2) is 5.70. The molecule has 1 rings (SSSR count). The van der Waals surface area contributed by atoms with Crippen LogP contribution in [-0.2, 0) is 9.53 Å². The van der Waals surface area contributed by atoms with Gasteiger partial charge in [-0.2, -0.15) is 0 Å². The topological polar surface area (TPSA) is 26.3 Å². The summed E-state index contributed by atoms with van der Waals surface area (Å²) in [5, 5.41) is 0. The van der Waals surface area contributed by atoms with E-state index in [9.17, 15) is 4.79 Å². The maximum absolute atomic E-state index is 11.7. The molecule has 1 aliphatic rings. The second-order valence-electron chi connectivity index (χ2n) is 5.96. The van der Waals surface area contributed by atoms with Crippen LogP contribution in [0.4, 0.5) is 0 Å². The lowest BCUT2D eigenvalue weighted by atomic mass is 9.75. The summed E-state index contributed by atoms with van der Waals surface area (Å²) >= 11 is 0. The summed E-state index contributed by atoms with van der Waals surface area (Å²) in [5.41, 5.74) is 0. The molecule has 0 bridgehead atoms. The van der Waals surface area contributed by atoms with Crippen molar-refractivity contribution in [1.82, 2.24) is 0 Å². The smallest absolute Gasteiger partial charge is 0.308 e. The Kier molecular flexibility index (Phi) is 4.82. The molecule has 94 valence electrons. The van der Waals surface area contributed by atoms with Gasteiger partial charge in [0.15, 0.2) is 0 Å². The van der Waals surface area contributed by atoms with Crippen LogP contribution in [0.1, 0.15) is 53.9 Å². The van der Waals surface area contributed by atoms with Crippen molar-refractivity contribution in [2.45, 2.75) is 60.0 Å². The number of carbonyl (C=O) groups is 1. The lowest BCUT2D eigenvalue weighted by Gasteiger charge is -2.37. The van der Waals surface area contributed by atoms with Crippen molar-refractivity contribution in [2.75, 3.05) is 0 Å². The Morgan fingerprint density at radius 3 is 2.31 bits per heavy atom. The summed E-state index contributed by atoms with van der Waals surface area (Å²) in [6.45, 7) is 10.5. The zero-order valence-corrected chi connectivity index (χ0v) is 11.3. The van der Waals surface area contributed by atoms with Crippen molar-refractivity contribution in [1.29, 1.82) is 0 Å². The standard InChI is InChI=1S/C14H26O2/c1-9(2)12-7-6-11(5)8-13(12)16-14(15)10(3)4/h9-13H,6-8H2,1-5H3/t11?,12-,13?/m0/s1. The highest BCUT2D eigenvalue weighted by Gasteiger charge is 2.33. The van der Waals surface area contributed by atoms with Crippen LogP contribution in [0, 0.1) is 23.7 Å². The van der Waals surface area contributed by atoms with Gasteiger partial charge in [-0.1, -0.05) is 41.0 Å². The van der Waals surface area contributed by atoms with Gasteiger partial charge in [-0.15, -0.1) is 0 Å². The van der Waals surface area contributed by atoms with Gasteiger partial charge in [-0.25, -0.2) is 0 Å². The van der Waals surface area contributed by atoms with E-state index in [0.717, 1.165) is 6.42 Å². The van der Waals surface area contributed by atoms with Crippen LogP contribution in [0.25, 0.3) is 0 Å². The fourth-order valence-electron chi connectivity index (χ4n) is 2.54. The molecule has 16 heavy (non-hydrogen) atoms. The first-order valence-corrected chi connectivity index (χ1v) is 6.62. The molecule has 0 aliphatic heterocycles. The van der Waals surface area contributed by atoms with Gasteiger partial charge < -0.3 is 4.74 Å². The van der Waals surface area contributed by atoms with Crippen LogP contribution < -0.4 is 0 Å². The van der Waals surface area contributed by atoms with Gasteiger partial charge >= 0.3 is 5.97 Å². The van der Waals surface area contributed by atoms with Gasteiger partial charge in [0, 0.05) is 0 Å². The predicted octanol–water partition coefficient (Wildman–Crippen LogP) is 3.65. The highest BCUT2D eigenvalue weighted by molar-refractivity contribution is 5.71. The number of rotatable bonds is 3. The first kappa shape index (κ1) is 13.5. The van der Waals surface area contributed by atoms with E-state index in [0.29, 0.717) is 17.8 Å². The molecular formula is C14H26O2. The molecule has 3 atom stereocenters. The third-order valence-electron chi connectivity index (χ3n) is 3.70. The minimum Gasteiger partial charge on any atom is -0.462 e. The van der Waals surface area contributed by atoms with Gasteiger partial charge in [0.25, 0.3) is 0 Å². The van der Waals surface area contributed by atoms with Crippen molar-refractivity contribution in [3.05, 3.63) is 0 Å². The molecule has 1 saturated carbocycles. The molecule has 0 spiro atoms. The van der Waals surface area contributed by atoms with E-state index >= 15 is 0 Å². The molecule has 0 saturated heterocycles. The monoisotopic (exact) mass is 226 g/mol. The molecule has 2 heteroatoms. The molecule has 0 aromatic carbocycles. The third-order valence-corrected chi connectivity index (χ3v) is 3.70. The van der Waals surface area contributed by atoms with Gasteiger partial charge in [0.1, 0.15) is 6.10 Å². The van der Waals surface area contributed by atoms with E-state index in [1.54, 1.807) is 0 Å². The summed E-state index contributed by atoms with van der Waals surface area (Å²) in [4.78, 5) is 11.7. The zero-order valence-electron chi connectivity index (χ0n) is 11.3. The normalized spacial score (nSPS) is 30.8. The molecule has 0 amide bonds. The Morgan fingerprint density at radius 2 is 1.81 bits per heavy atom. The van der Waals surface area contributed by atoms with E-state index in [1.807, 2.05) is 13.8 Å². The highest BCUT2D eigenvalue weighted by atomic mass is 16.5. The van der Waals surface area contributed by atoms with E-state index in [-0.39, 0.29) is 18.0 Å². The molecular weight excluding hydrogens is 200 g/mol. The Morgan fingerprint density at radius 1 is 1.19 bits per heavy atom. The molecule has 0 heterocycles. The molecule has 1 fully saturated rings. The van der Waals surface area contributed by atoms with E-state index in [4.69, 9.17) is 4.74 Å². The van der Waals surface area contributed by atoms with E-state index in [2.05, 4.69) is 20.8 Å². The zero-order chi connectivity index (χ0) is 12.3. The Labute approximate surface area is 99.8 Å². The van der Waals surface area contributed by atoms with Crippen molar-refractivity contribution in [3.63, 3.8) is 0 Å². The summed E-state index contributed by atoms with van der Waals surface area (Å²) < 4.78 is 5.66. The first-order chi connectivity index (χ1) is 7.41. The number of hydrogen-bond donors (Lipinski definition) is 0. The third kappa shape index (κ3) is 3.50. The summed E-state index contributed by atoms with van der Waals surface area (Å²) in [6.07, 6.45) is 3.67. The number of carbonyl (C=O) groups excluding carboxylic acids is 1. The number of hydrogen-bond acceptors (Lipinski definition) is 2. The van der Waals surface area contributed by atoms with Crippen molar-refractivity contribution < 1.29 is 9.53 Å². The fourth-order valence-corrected chi connectivity index (χ4v) is 2.54. The van der Waals surface area contributed by atoms with Crippen LogP contribution in [0.2, 0.25) is 0 Å². The minimum absolute atomic E-state index is 0.00922. The fraction of sp³-hybridized carbons (Fsp3) is 0.929. The number of ether oxygens (including phenoxy) is 1. The average molecular weight is 226 g/mol. The highest BCUT2D eigenvalue weighted by Crippen LogP contribution is 2.35. The molecule has 0 N–H and O–H groups in total. The maximum Gasteiger partial charge on any atom is 0.308 e. The Balaban J connectivity index is 2.61. The molecule has 0 aromatic heterocycles. The van der Waals surface area contributed by atoms with Gasteiger partial charge in [-0.05, 0) is 30.6 Å². The van der Waals surface area contributed by atoms with Crippen molar-refractivity contribution >= 4 is 5.97 Å². The molecule has 0 aromatic rings. The quantitative estimate of drug-likeness (QED) is 0.687. The van der Waals surface area contributed by atoms with Crippen LogP contribution in [-0.4, -0.2) is 12.1 Å². The summed E-state index contributed by atoms with van der Waals surface area (Å²) in [7, 11) is 0. The number of esters is 1. The molecule has 1 aliphatic carbocycles. The SMILES string of the molecule is CC1CC[C@@H](C(C)C)C(OC(=O)C(C)C)C1. The maximum atomic E-state index is 11.7. The Hall–Kier alpha value is -0.530. The van der Waals surface area contributed by atoms with E-state index < -0.39 is 0 Å². The minimum atomic E-state index is -0.0373. The van der Waals surface area contributed by atoms with Crippen LogP contribution in [0.5, 0.6) is 0 Å². The van der Waals surface area contributed by atoms with Gasteiger partial charge in [-0.3, -0.25) is 4.79 Å². The van der Waals surface area contributed by atoms with Gasteiger partial charge in [0.05, 0.1) is 5.92 Å². The van der Waals surface area contributed by atoms with Crippen LogP contribution in [0.15, 0.2) is 0 Å². The lowest BCUT2D eigenvalue weighted by Crippen LogP contribution is -2.36. The van der Waals surface area contributed by atoms with Crippen LogP contribution >= 0.6 is 0 Å².